The van der Waals surface area contributed by atoms with Crippen molar-refractivity contribution in [1.29, 1.82) is 0 Å². The number of allylic oxidation sites excluding steroid dienone is 2. The summed E-state index contributed by atoms with van der Waals surface area (Å²) in [6, 6.07) is 17.1. The Morgan fingerprint density at radius 1 is 1.09 bits per heavy atom. The van der Waals surface area contributed by atoms with Gasteiger partial charge in [-0.15, -0.1) is 0 Å². The van der Waals surface area contributed by atoms with Crippen molar-refractivity contribution in [3.05, 3.63) is 98.6 Å². The first-order valence-corrected chi connectivity index (χ1v) is 19.2. The number of aliphatic imine (C=N–C) groups is 3. The number of aliphatic hydroxyl groups excluding tert-OH is 1. The van der Waals surface area contributed by atoms with Gasteiger partial charge in [0.25, 0.3) is 12.2 Å². The molecule has 0 bridgehead atoms. The van der Waals surface area contributed by atoms with Crippen LogP contribution in [-0.2, 0) is 11.2 Å². The van der Waals surface area contributed by atoms with Crippen molar-refractivity contribution in [2.24, 2.45) is 20.9 Å². The molecule has 0 saturated carbocycles. The Morgan fingerprint density at radius 3 is 2.45 bits per heavy atom. The molecule has 3 unspecified atom stereocenters. The zero-order valence-electron chi connectivity index (χ0n) is 33.2. The lowest BCUT2D eigenvalue weighted by molar-refractivity contribution is -0.384. The second-order valence-corrected chi connectivity index (χ2v) is 14.1. The number of non-ortho nitro benzene ring substituents is 1. The summed E-state index contributed by atoms with van der Waals surface area (Å²) in [6.45, 7) is 13.7. The number of fused-ring (bicyclic) bond motifs is 2. The lowest BCUT2D eigenvalue weighted by atomic mass is 9.90. The summed E-state index contributed by atoms with van der Waals surface area (Å²) in [5.41, 5.74) is 5.33. The number of nitro groups is 1. The van der Waals surface area contributed by atoms with E-state index in [1.165, 1.54) is 50.8 Å². The van der Waals surface area contributed by atoms with E-state index in [4.69, 9.17) is 24.7 Å². The van der Waals surface area contributed by atoms with E-state index >= 15 is 0 Å². The van der Waals surface area contributed by atoms with Gasteiger partial charge in [-0.25, -0.2) is 9.38 Å². The minimum Gasteiger partial charge on any atom is -0.492 e. The minimum atomic E-state index is -0.393. The molecule has 0 amide bonds. The topological polar surface area (TPSA) is 153 Å². The standard InChI is InChI=1S/C27H31FN4.C14H18N2O3.CH2O2.CH4O/c1-6-20-23(28)13-12-19-10-7-11-21(24(19)20)26-18(3)25(29-4)22(15-31-26)27(30-5)32-14-8-9-17(2)16-32;17-16(18)12-5-7-14(8-6-12)19-10-13-4-3-11-2-1-9-15(11)13;2-1-3;1-2/h7,10-13,15,17H,5-6,8-9,14,16H2,1-4H3;5-8,11,13H,1-4,9-10H2;1H,(H,2,3);2H,1H3/b27-22+,29-25?;;;. The highest BCUT2D eigenvalue weighted by Gasteiger charge is 2.36. The first-order chi connectivity index (χ1) is 27.1. The van der Waals surface area contributed by atoms with E-state index in [0.29, 0.717) is 30.7 Å². The number of aryl methyl sites for hydroxylation is 1. The third-order valence-electron chi connectivity index (χ3n) is 10.8. The van der Waals surface area contributed by atoms with Crippen molar-refractivity contribution in [1.82, 2.24) is 9.80 Å². The third-order valence-corrected chi connectivity index (χ3v) is 10.8. The Kier molecular flexibility index (Phi) is 16.4. The van der Waals surface area contributed by atoms with Crippen LogP contribution in [0.1, 0.15) is 70.4 Å². The second-order valence-electron chi connectivity index (χ2n) is 14.1. The highest BCUT2D eigenvalue weighted by Crippen LogP contribution is 2.36. The summed E-state index contributed by atoms with van der Waals surface area (Å²) >= 11 is 0. The molecule has 3 aromatic rings. The monoisotopic (exact) mass is 770 g/mol. The largest absolute Gasteiger partial charge is 0.492 e. The predicted octanol–water partition coefficient (Wildman–Crippen LogP) is 7.98. The molecule has 56 heavy (non-hydrogen) atoms. The van der Waals surface area contributed by atoms with Crippen LogP contribution in [0.4, 0.5) is 10.1 Å². The highest BCUT2D eigenvalue weighted by molar-refractivity contribution is 6.29. The number of likely N-dealkylation sites (tertiary alicyclic amines) is 1. The summed E-state index contributed by atoms with van der Waals surface area (Å²) < 4.78 is 20.4. The smallest absolute Gasteiger partial charge is 0.290 e. The number of nitrogens with zero attached hydrogens (tertiary/aromatic N) is 6. The number of nitro benzene ring substituents is 1. The molecule has 4 aliphatic rings. The van der Waals surface area contributed by atoms with Gasteiger partial charge in [0, 0.05) is 68.8 Å². The fourth-order valence-electron chi connectivity index (χ4n) is 8.27. The van der Waals surface area contributed by atoms with Crippen LogP contribution in [0, 0.1) is 21.8 Å². The van der Waals surface area contributed by atoms with Crippen LogP contribution in [0.2, 0.25) is 0 Å². The molecule has 0 aliphatic carbocycles. The number of aliphatic hydroxyl groups is 1. The van der Waals surface area contributed by atoms with Crippen molar-refractivity contribution < 1.29 is 29.1 Å². The van der Waals surface area contributed by atoms with Crippen LogP contribution in [0.3, 0.4) is 0 Å². The third kappa shape index (κ3) is 10.1. The van der Waals surface area contributed by atoms with E-state index in [-0.39, 0.29) is 18.0 Å². The van der Waals surface area contributed by atoms with E-state index in [1.807, 2.05) is 44.3 Å². The van der Waals surface area contributed by atoms with E-state index in [2.05, 4.69) is 33.4 Å². The number of carbonyl (C=O) groups is 1. The number of carboxylic acid groups (broad SMARTS) is 1. The van der Waals surface area contributed by atoms with Gasteiger partial charge in [-0.2, -0.15) is 0 Å². The molecule has 3 aromatic carbocycles. The number of halogens is 1. The average Bonchev–Trinajstić information content (AvgIpc) is 3.84. The van der Waals surface area contributed by atoms with E-state index in [9.17, 15) is 14.5 Å². The summed E-state index contributed by atoms with van der Waals surface area (Å²) in [6.07, 6.45) is 9.98. The number of piperidine rings is 1. The van der Waals surface area contributed by atoms with Gasteiger partial charge in [0.05, 0.1) is 21.9 Å². The van der Waals surface area contributed by atoms with Gasteiger partial charge < -0.3 is 19.8 Å². The SMILES string of the molecule is C=N/C(=C1/C=NC(c2cccc3ccc(F)c(CC)c23)=C(C)C1=NC)N1CCCC(C)C1.CO.O=CO.O=[N+]([O-])c1ccc(OCC2CCC3CCCN32)cc1. The molecule has 2 N–H and O–H groups in total. The molecule has 3 atom stereocenters. The van der Waals surface area contributed by atoms with Crippen LogP contribution >= 0.6 is 0 Å². The zero-order valence-corrected chi connectivity index (χ0v) is 33.2. The Bertz CT molecular complexity index is 1960. The van der Waals surface area contributed by atoms with E-state index in [0.717, 1.165) is 82.9 Å². The molecule has 7 rings (SSSR count). The maximum absolute atomic E-state index is 14.6. The molecule has 0 aromatic heterocycles. The Morgan fingerprint density at radius 2 is 1.80 bits per heavy atom. The molecule has 0 spiro atoms. The number of hydrogen-bond donors (Lipinski definition) is 2. The molecule has 3 fully saturated rings. The van der Waals surface area contributed by atoms with Crippen LogP contribution in [-0.4, -0.2) is 103 Å². The lowest BCUT2D eigenvalue weighted by Gasteiger charge is -2.34. The minimum absolute atomic E-state index is 0.104. The maximum Gasteiger partial charge on any atom is 0.290 e. The number of hydrogen-bond acceptors (Lipinski definition) is 10. The van der Waals surface area contributed by atoms with Crippen molar-refractivity contribution in [2.45, 2.75) is 77.8 Å². The maximum atomic E-state index is 14.6. The number of benzene rings is 3. The van der Waals surface area contributed by atoms with Gasteiger partial charge in [0.15, 0.2) is 0 Å². The Balaban J connectivity index is 0.000000246. The van der Waals surface area contributed by atoms with Gasteiger partial charge in [-0.05, 0) is 106 Å². The molecule has 4 heterocycles. The van der Waals surface area contributed by atoms with E-state index < -0.39 is 4.92 Å². The van der Waals surface area contributed by atoms with Crippen molar-refractivity contribution in [3.8, 4) is 5.75 Å². The average molecular weight is 771 g/mol. The Hall–Kier alpha value is -5.27. The van der Waals surface area contributed by atoms with Gasteiger partial charge >= 0.3 is 0 Å². The van der Waals surface area contributed by atoms with E-state index in [1.54, 1.807) is 25.2 Å². The predicted molar refractivity (Wildman–Crippen MR) is 222 cm³/mol. The molecule has 12 nitrogen and oxygen atoms in total. The summed E-state index contributed by atoms with van der Waals surface area (Å²) in [4.78, 5) is 37.3. The summed E-state index contributed by atoms with van der Waals surface area (Å²) in [5.74, 6) is 2.01. The van der Waals surface area contributed by atoms with Crippen molar-refractivity contribution in [3.63, 3.8) is 0 Å². The first kappa shape index (κ1) is 43.5. The van der Waals surface area contributed by atoms with Crippen LogP contribution < -0.4 is 4.74 Å². The highest BCUT2D eigenvalue weighted by atomic mass is 19.1. The van der Waals surface area contributed by atoms with Crippen molar-refractivity contribution in [2.75, 3.05) is 40.4 Å². The zero-order chi connectivity index (χ0) is 40.8. The van der Waals surface area contributed by atoms with Crippen LogP contribution in [0.5, 0.6) is 5.75 Å². The molecular formula is C43H55FN6O6. The Labute approximate surface area is 329 Å². The number of ether oxygens (including phenoxy) is 1. The fourth-order valence-corrected chi connectivity index (χ4v) is 8.27. The molecule has 13 heteroatoms. The second kappa shape index (κ2) is 21.1. The van der Waals surface area contributed by atoms with Crippen LogP contribution in [0.15, 0.2) is 86.5 Å². The normalized spacial score (nSPS) is 21.9. The summed E-state index contributed by atoms with van der Waals surface area (Å²) in [5, 5.41) is 26.4. The van der Waals surface area contributed by atoms with Gasteiger partial charge in [0.2, 0.25) is 0 Å². The quantitative estimate of drug-likeness (QED) is 0.101. The molecule has 300 valence electrons. The molecule has 4 aliphatic heterocycles. The van der Waals surface area contributed by atoms with Crippen molar-refractivity contribution >= 4 is 47.3 Å². The first-order valence-electron chi connectivity index (χ1n) is 19.2. The summed E-state index contributed by atoms with van der Waals surface area (Å²) in [7, 11) is 2.80. The van der Waals surface area contributed by atoms with Gasteiger partial charge in [-0.3, -0.25) is 29.8 Å². The van der Waals surface area contributed by atoms with Gasteiger partial charge in [0.1, 0.15) is 24.0 Å². The molecule has 3 saturated heterocycles. The number of rotatable bonds is 8. The van der Waals surface area contributed by atoms with Crippen LogP contribution in [0.25, 0.3) is 16.5 Å². The lowest BCUT2D eigenvalue weighted by Crippen LogP contribution is -2.35. The fraction of sp³-hybridized carbons (Fsp3) is 0.442. The molecule has 0 radical (unpaired) electrons. The van der Waals surface area contributed by atoms with Gasteiger partial charge in [-0.1, -0.05) is 38.1 Å². The molecular weight excluding hydrogens is 716 g/mol.